The van der Waals surface area contributed by atoms with E-state index in [1.54, 1.807) is 30.3 Å². The van der Waals surface area contributed by atoms with Crippen LogP contribution in [0.25, 0.3) is 16.9 Å². The molecule has 2 aliphatic rings. The molecule has 11 heteroatoms. The molecule has 3 aromatic rings. The van der Waals surface area contributed by atoms with E-state index in [1.807, 2.05) is 25.7 Å². The summed E-state index contributed by atoms with van der Waals surface area (Å²) in [5.74, 6) is 0.707. The summed E-state index contributed by atoms with van der Waals surface area (Å²) in [6.45, 7) is 7.84. The van der Waals surface area contributed by atoms with Gasteiger partial charge in [0.25, 0.3) is 6.43 Å². The van der Waals surface area contributed by atoms with Crippen molar-refractivity contribution in [1.82, 2.24) is 19.5 Å². The molecule has 1 aliphatic carbocycles. The van der Waals surface area contributed by atoms with E-state index in [1.165, 1.54) is 4.57 Å². The summed E-state index contributed by atoms with van der Waals surface area (Å²) in [7, 11) is 0. The second kappa shape index (κ2) is 11.4. The first kappa shape index (κ1) is 27.2. The number of morpholine rings is 1. The van der Waals surface area contributed by atoms with Gasteiger partial charge < -0.3 is 19.1 Å². The van der Waals surface area contributed by atoms with Crippen LogP contribution in [0.4, 0.5) is 14.7 Å². The van der Waals surface area contributed by atoms with Crippen LogP contribution in [0.1, 0.15) is 65.1 Å². The third kappa shape index (κ3) is 6.63. The number of hydrogen-bond donors (Lipinski definition) is 0. The lowest BCUT2D eigenvalue weighted by Gasteiger charge is -2.30. The fraction of sp³-hybridized carbons (Fsp3) is 0.571. The predicted molar refractivity (Wildman–Crippen MR) is 141 cm³/mol. The van der Waals surface area contributed by atoms with Gasteiger partial charge in [-0.1, -0.05) is 12.1 Å². The van der Waals surface area contributed by atoms with Crippen molar-refractivity contribution in [2.75, 3.05) is 31.2 Å². The summed E-state index contributed by atoms with van der Waals surface area (Å²) in [6.07, 6.45) is 0.691. The van der Waals surface area contributed by atoms with Gasteiger partial charge in [0, 0.05) is 25.6 Å². The number of rotatable bonds is 7. The van der Waals surface area contributed by atoms with E-state index < -0.39 is 12.0 Å². The van der Waals surface area contributed by atoms with Crippen molar-refractivity contribution in [3.05, 3.63) is 36.2 Å². The van der Waals surface area contributed by atoms with Crippen LogP contribution in [0, 0.1) is 5.92 Å². The lowest BCUT2D eigenvalue weighted by atomic mass is 9.85. The van der Waals surface area contributed by atoms with Gasteiger partial charge in [0.05, 0.1) is 24.2 Å². The average Bonchev–Trinajstić information content (AvgIpc) is 3.29. The number of nitrogens with zero attached hydrogens (tertiary/aromatic N) is 5. The third-order valence-electron chi connectivity index (χ3n) is 6.94. The van der Waals surface area contributed by atoms with Gasteiger partial charge in [-0.2, -0.15) is 9.97 Å². The second-order valence-corrected chi connectivity index (χ2v) is 11.1. The number of imidazole rings is 1. The maximum Gasteiger partial charge on any atom is 0.306 e. The molecule has 0 amide bonds. The number of esters is 1. The predicted octanol–water partition coefficient (Wildman–Crippen LogP) is 5.26. The number of ether oxygens (including phenoxy) is 3. The highest BCUT2D eigenvalue weighted by atomic mass is 19.3. The van der Waals surface area contributed by atoms with Gasteiger partial charge in [-0.3, -0.25) is 9.36 Å². The maximum atomic E-state index is 14.1. The highest BCUT2D eigenvalue weighted by Gasteiger charge is 2.28. The molecule has 1 aliphatic heterocycles. The van der Waals surface area contributed by atoms with Crippen molar-refractivity contribution in [2.24, 2.45) is 5.92 Å². The van der Waals surface area contributed by atoms with Crippen molar-refractivity contribution in [1.29, 1.82) is 0 Å². The Hall–Kier alpha value is -3.34. The van der Waals surface area contributed by atoms with Crippen molar-refractivity contribution >= 4 is 23.0 Å². The number of carbonyl (C=O) groups is 1. The number of aromatic nitrogens is 4. The molecule has 39 heavy (non-hydrogen) atoms. The number of fused-ring (bicyclic) bond motifs is 1. The minimum Gasteiger partial charge on any atom is -0.474 e. The van der Waals surface area contributed by atoms with Gasteiger partial charge in [-0.05, 0) is 64.5 Å². The van der Waals surface area contributed by atoms with Gasteiger partial charge in [0.2, 0.25) is 11.8 Å². The number of alkyl halides is 2. The first-order valence-corrected chi connectivity index (χ1v) is 13.5. The minimum absolute atomic E-state index is 0.103. The van der Waals surface area contributed by atoms with Crippen LogP contribution >= 0.6 is 0 Å². The van der Waals surface area contributed by atoms with E-state index in [0.717, 1.165) is 25.7 Å². The molecule has 1 aromatic carbocycles. The summed E-state index contributed by atoms with van der Waals surface area (Å²) >= 11 is 0. The summed E-state index contributed by atoms with van der Waals surface area (Å²) in [4.78, 5) is 27.7. The topological polar surface area (TPSA) is 91.6 Å². The largest absolute Gasteiger partial charge is 0.474 e. The van der Waals surface area contributed by atoms with E-state index in [0.29, 0.717) is 55.6 Å². The smallest absolute Gasteiger partial charge is 0.306 e. The second-order valence-electron chi connectivity index (χ2n) is 11.1. The van der Waals surface area contributed by atoms with Crippen molar-refractivity contribution in [3.8, 4) is 11.7 Å². The first-order valence-electron chi connectivity index (χ1n) is 13.5. The molecule has 0 unspecified atom stereocenters. The number of hydrogen-bond acceptors (Lipinski definition) is 8. The molecule has 9 nitrogen and oxygen atoms in total. The van der Waals surface area contributed by atoms with Gasteiger partial charge in [0.15, 0.2) is 5.82 Å². The van der Waals surface area contributed by atoms with E-state index in [9.17, 15) is 13.6 Å². The molecule has 0 spiro atoms. The van der Waals surface area contributed by atoms with Crippen LogP contribution in [0.3, 0.4) is 0 Å². The summed E-state index contributed by atoms with van der Waals surface area (Å²) in [6, 6.07) is 8.61. The number of carbonyl (C=O) groups excluding carboxylic acids is 1. The zero-order valence-corrected chi connectivity index (χ0v) is 22.6. The minimum atomic E-state index is -2.79. The quantitative estimate of drug-likeness (QED) is 0.373. The molecule has 1 saturated heterocycles. The summed E-state index contributed by atoms with van der Waals surface area (Å²) < 4.78 is 46.8. The van der Waals surface area contributed by atoms with Crippen LogP contribution in [0.2, 0.25) is 0 Å². The Kier molecular flexibility index (Phi) is 7.97. The Morgan fingerprint density at radius 2 is 1.79 bits per heavy atom. The molecule has 2 fully saturated rings. The summed E-state index contributed by atoms with van der Waals surface area (Å²) in [5, 5.41) is 0. The van der Waals surface area contributed by atoms with Crippen LogP contribution in [-0.4, -0.2) is 63.5 Å². The molecule has 3 heterocycles. The van der Waals surface area contributed by atoms with Crippen LogP contribution in [0.15, 0.2) is 30.3 Å². The molecule has 0 bridgehead atoms. The van der Waals surface area contributed by atoms with Gasteiger partial charge >= 0.3 is 5.97 Å². The van der Waals surface area contributed by atoms with Crippen molar-refractivity contribution in [3.63, 3.8) is 0 Å². The van der Waals surface area contributed by atoms with Crippen LogP contribution in [0.5, 0.6) is 5.88 Å². The Labute approximate surface area is 226 Å². The lowest BCUT2D eigenvalue weighted by molar-refractivity contribution is -0.156. The Balaban J connectivity index is 1.38. The van der Waals surface area contributed by atoms with E-state index in [2.05, 4.69) is 15.0 Å². The number of benzene rings is 1. The zero-order valence-electron chi connectivity index (χ0n) is 22.6. The molecule has 2 aromatic heterocycles. The van der Waals surface area contributed by atoms with Crippen molar-refractivity contribution in [2.45, 2.75) is 71.0 Å². The number of anilines is 1. The maximum absolute atomic E-state index is 14.1. The monoisotopic (exact) mass is 543 g/mol. The molecule has 210 valence electrons. The van der Waals surface area contributed by atoms with Gasteiger partial charge in [0.1, 0.15) is 17.5 Å². The van der Waals surface area contributed by atoms with Gasteiger partial charge in [-0.15, -0.1) is 0 Å². The molecule has 0 N–H and O–H groups in total. The highest BCUT2D eigenvalue weighted by molar-refractivity contribution is 5.78. The zero-order chi connectivity index (χ0) is 27.6. The Bertz CT molecular complexity index is 1290. The average molecular weight is 544 g/mol. The van der Waals surface area contributed by atoms with Crippen LogP contribution < -0.4 is 9.64 Å². The van der Waals surface area contributed by atoms with Crippen LogP contribution in [-0.2, 0) is 14.3 Å². The number of para-hydroxylation sites is 2. The lowest BCUT2D eigenvalue weighted by Crippen LogP contribution is -2.37. The van der Waals surface area contributed by atoms with E-state index >= 15 is 0 Å². The van der Waals surface area contributed by atoms with Crippen molar-refractivity contribution < 1.29 is 27.8 Å². The van der Waals surface area contributed by atoms with E-state index in [-0.39, 0.29) is 29.6 Å². The molecule has 0 atom stereocenters. The highest BCUT2D eigenvalue weighted by Crippen LogP contribution is 2.33. The third-order valence-corrected chi connectivity index (χ3v) is 6.94. The first-order chi connectivity index (χ1) is 18.7. The SMILES string of the molecule is CC(C)(C)OC(=O)CC1CCC(Oc2cc(-n3c(C(F)F)nc4ccccc43)nc(N3CCOCC3)n2)CC1. The molecular formula is C28H35F2N5O4. The standard InChI is InChI=1S/C28H35F2N5O4/c1-28(2,3)39-24(36)16-18-8-10-19(11-9-18)38-23-17-22(32-27(33-23)34-12-14-37-15-13-34)35-21-7-5-4-6-20(21)31-26(35)25(29)30/h4-7,17-19,25H,8-16H2,1-3H3. The molecule has 1 saturated carbocycles. The summed E-state index contributed by atoms with van der Waals surface area (Å²) in [5.41, 5.74) is 0.503. The van der Waals surface area contributed by atoms with Gasteiger partial charge in [-0.25, -0.2) is 13.8 Å². The normalized spacial score (nSPS) is 20.4. The Morgan fingerprint density at radius 3 is 2.49 bits per heavy atom. The fourth-order valence-corrected chi connectivity index (χ4v) is 5.16. The molecule has 5 rings (SSSR count). The van der Waals surface area contributed by atoms with E-state index in [4.69, 9.17) is 14.2 Å². The molecule has 0 radical (unpaired) electrons. The number of halogens is 2. The Morgan fingerprint density at radius 1 is 1.08 bits per heavy atom. The fourth-order valence-electron chi connectivity index (χ4n) is 5.16. The molecular weight excluding hydrogens is 508 g/mol.